The number of pyridine rings is 1. The first-order chi connectivity index (χ1) is 8.56. The van der Waals surface area contributed by atoms with Gasteiger partial charge in [0, 0.05) is 23.0 Å². The van der Waals surface area contributed by atoms with Crippen LogP contribution in [0.2, 0.25) is 20.1 Å². The average Bonchev–Trinajstić information content (AvgIpc) is 2.30. The zero-order valence-electron chi connectivity index (χ0n) is 8.87. The second kappa shape index (κ2) is 5.89. The molecule has 0 saturated carbocycles. The molecule has 2 rings (SSSR count). The normalized spacial score (nSPS) is 11.1. The van der Waals surface area contributed by atoms with Gasteiger partial charge in [-0.25, -0.2) is 9.98 Å². The molecule has 1 heterocycles. The number of benzene rings is 1. The van der Waals surface area contributed by atoms with Crippen molar-refractivity contribution in [2.45, 2.75) is 0 Å². The maximum absolute atomic E-state index is 6.01. The van der Waals surface area contributed by atoms with Crippen molar-refractivity contribution in [3.05, 3.63) is 56.1 Å². The van der Waals surface area contributed by atoms with Crippen LogP contribution < -0.4 is 0 Å². The maximum atomic E-state index is 6.01. The summed E-state index contributed by atoms with van der Waals surface area (Å²) < 4.78 is 0. The fourth-order valence-corrected chi connectivity index (χ4v) is 2.13. The molecule has 1 aromatic heterocycles. The van der Waals surface area contributed by atoms with E-state index in [1.165, 1.54) is 6.20 Å². The zero-order valence-corrected chi connectivity index (χ0v) is 11.9. The van der Waals surface area contributed by atoms with Crippen molar-refractivity contribution >= 4 is 58.4 Å². The second-order valence-electron chi connectivity index (χ2n) is 3.38. The molecule has 0 unspecified atom stereocenters. The lowest BCUT2D eigenvalue weighted by Crippen LogP contribution is -1.84. The predicted molar refractivity (Wildman–Crippen MR) is 78.0 cm³/mol. The SMILES string of the molecule is Clc1ccc(C=Nc2ncc(Cl)cc2Cl)c(Cl)c1. The Labute approximate surface area is 124 Å². The molecule has 92 valence electrons. The van der Waals surface area contributed by atoms with E-state index in [1.54, 1.807) is 30.5 Å². The van der Waals surface area contributed by atoms with E-state index in [0.29, 0.717) is 25.9 Å². The van der Waals surface area contributed by atoms with E-state index in [4.69, 9.17) is 46.4 Å². The van der Waals surface area contributed by atoms with Crippen LogP contribution in [0.5, 0.6) is 0 Å². The first-order valence-electron chi connectivity index (χ1n) is 4.86. The molecule has 0 fully saturated rings. The Morgan fingerprint density at radius 2 is 1.67 bits per heavy atom. The monoisotopic (exact) mass is 318 g/mol. The molecule has 0 aliphatic heterocycles. The molecular weight excluding hydrogens is 314 g/mol. The summed E-state index contributed by atoms with van der Waals surface area (Å²) in [5, 5.41) is 1.92. The number of halogens is 4. The van der Waals surface area contributed by atoms with Gasteiger partial charge in [0.2, 0.25) is 0 Å². The first kappa shape index (κ1) is 13.6. The molecule has 18 heavy (non-hydrogen) atoms. The summed E-state index contributed by atoms with van der Waals surface area (Å²) in [7, 11) is 0. The van der Waals surface area contributed by atoms with Gasteiger partial charge in [0.1, 0.15) is 0 Å². The molecule has 0 amide bonds. The summed E-state index contributed by atoms with van der Waals surface area (Å²) in [6.07, 6.45) is 3.05. The molecule has 6 heteroatoms. The molecule has 0 atom stereocenters. The zero-order chi connectivity index (χ0) is 13.1. The highest BCUT2D eigenvalue weighted by molar-refractivity contribution is 6.37. The van der Waals surface area contributed by atoms with Gasteiger partial charge in [-0.15, -0.1) is 0 Å². The lowest BCUT2D eigenvalue weighted by molar-refractivity contribution is 1.28. The maximum Gasteiger partial charge on any atom is 0.170 e. The third-order valence-corrected chi connectivity index (χ3v) is 3.12. The molecule has 0 aliphatic rings. The highest BCUT2D eigenvalue weighted by atomic mass is 35.5. The van der Waals surface area contributed by atoms with Crippen LogP contribution in [-0.4, -0.2) is 11.2 Å². The molecule has 0 bridgehead atoms. The van der Waals surface area contributed by atoms with Crippen molar-refractivity contribution < 1.29 is 0 Å². The lowest BCUT2D eigenvalue weighted by atomic mass is 10.2. The molecule has 2 nitrogen and oxygen atoms in total. The minimum Gasteiger partial charge on any atom is -0.235 e. The van der Waals surface area contributed by atoms with Crippen molar-refractivity contribution in [3.8, 4) is 0 Å². The van der Waals surface area contributed by atoms with Crippen LogP contribution >= 0.6 is 46.4 Å². The number of hydrogen-bond donors (Lipinski definition) is 0. The van der Waals surface area contributed by atoms with Gasteiger partial charge in [0.15, 0.2) is 5.82 Å². The average molecular weight is 320 g/mol. The second-order valence-corrected chi connectivity index (χ2v) is 5.07. The van der Waals surface area contributed by atoms with Crippen LogP contribution in [0.4, 0.5) is 5.82 Å². The van der Waals surface area contributed by atoms with E-state index in [1.807, 2.05) is 0 Å². The Morgan fingerprint density at radius 1 is 0.944 bits per heavy atom. The fraction of sp³-hybridized carbons (Fsp3) is 0. The largest absolute Gasteiger partial charge is 0.235 e. The lowest BCUT2D eigenvalue weighted by Gasteiger charge is -1.99. The van der Waals surface area contributed by atoms with Crippen molar-refractivity contribution in [1.29, 1.82) is 0 Å². The Hall–Kier alpha value is -0.800. The number of rotatable bonds is 2. The van der Waals surface area contributed by atoms with E-state index >= 15 is 0 Å². The number of nitrogens with zero attached hydrogens (tertiary/aromatic N) is 2. The third kappa shape index (κ3) is 3.36. The molecule has 0 saturated heterocycles. The van der Waals surface area contributed by atoms with Gasteiger partial charge in [-0.05, 0) is 18.2 Å². The minimum absolute atomic E-state index is 0.379. The smallest absolute Gasteiger partial charge is 0.170 e. The van der Waals surface area contributed by atoms with Gasteiger partial charge < -0.3 is 0 Å². The number of aromatic nitrogens is 1. The molecule has 0 N–H and O–H groups in total. The summed E-state index contributed by atoms with van der Waals surface area (Å²) in [5.74, 6) is 0.382. The van der Waals surface area contributed by atoms with Crippen molar-refractivity contribution in [1.82, 2.24) is 4.98 Å². The van der Waals surface area contributed by atoms with Crippen molar-refractivity contribution in [2.24, 2.45) is 4.99 Å². The van der Waals surface area contributed by atoms with E-state index in [9.17, 15) is 0 Å². The van der Waals surface area contributed by atoms with Crippen molar-refractivity contribution in [3.63, 3.8) is 0 Å². The summed E-state index contributed by atoms with van der Waals surface area (Å²) >= 11 is 23.5. The Morgan fingerprint density at radius 3 is 2.33 bits per heavy atom. The Bertz CT molecular complexity index is 558. The van der Waals surface area contributed by atoms with Gasteiger partial charge >= 0.3 is 0 Å². The summed E-state index contributed by atoms with van der Waals surface area (Å²) in [4.78, 5) is 8.16. The van der Waals surface area contributed by atoms with Crippen LogP contribution in [0, 0.1) is 0 Å². The Kier molecular flexibility index (Phi) is 4.46. The quantitative estimate of drug-likeness (QED) is 0.676. The summed E-state index contributed by atoms with van der Waals surface area (Å²) in [6.45, 7) is 0. The highest BCUT2D eigenvalue weighted by Crippen LogP contribution is 2.25. The Balaban J connectivity index is 2.30. The topological polar surface area (TPSA) is 25.2 Å². The summed E-state index contributed by atoms with van der Waals surface area (Å²) in [6, 6.07) is 6.71. The highest BCUT2D eigenvalue weighted by Gasteiger charge is 2.02. The summed E-state index contributed by atoms with van der Waals surface area (Å²) in [5.41, 5.74) is 0.730. The van der Waals surface area contributed by atoms with E-state index < -0.39 is 0 Å². The molecule has 0 spiro atoms. The molecule has 0 aliphatic carbocycles. The standard InChI is InChI=1S/C12H6Cl4N2/c13-8-2-1-7(10(15)3-8)5-17-12-11(16)4-9(14)6-18-12/h1-6H. The van der Waals surface area contributed by atoms with E-state index in [-0.39, 0.29) is 0 Å². The van der Waals surface area contributed by atoms with Crippen LogP contribution in [0.3, 0.4) is 0 Å². The van der Waals surface area contributed by atoms with E-state index in [0.717, 1.165) is 5.56 Å². The van der Waals surface area contributed by atoms with Gasteiger partial charge in [-0.3, -0.25) is 0 Å². The predicted octanol–water partition coefficient (Wildman–Crippen LogP) is 5.45. The van der Waals surface area contributed by atoms with Crippen LogP contribution in [0.1, 0.15) is 5.56 Å². The molecule has 0 radical (unpaired) electrons. The van der Waals surface area contributed by atoms with Gasteiger partial charge in [0.05, 0.1) is 15.1 Å². The van der Waals surface area contributed by atoms with Gasteiger partial charge in [0.25, 0.3) is 0 Å². The molecular formula is C12H6Cl4N2. The minimum atomic E-state index is 0.379. The van der Waals surface area contributed by atoms with Crippen LogP contribution in [-0.2, 0) is 0 Å². The van der Waals surface area contributed by atoms with Gasteiger partial charge in [-0.1, -0.05) is 52.5 Å². The first-order valence-corrected chi connectivity index (χ1v) is 6.37. The van der Waals surface area contributed by atoms with Gasteiger partial charge in [-0.2, -0.15) is 0 Å². The van der Waals surface area contributed by atoms with Crippen LogP contribution in [0.25, 0.3) is 0 Å². The van der Waals surface area contributed by atoms with Crippen molar-refractivity contribution in [2.75, 3.05) is 0 Å². The molecule has 1 aromatic carbocycles. The van der Waals surface area contributed by atoms with E-state index in [2.05, 4.69) is 9.98 Å². The molecule has 2 aromatic rings. The number of hydrogen-bond acceptors (Lipinski definition) is 2. The van der Waals surface area contributed by atoms with Crippen LogP contribution in [0.15, 0.2) is 35.5 Å². The fourth-order valence-electron chi connectivity index (χ4n) is 1.24. The number of aliphatic imine (C=N–C) groups is 1. The third-order valence-electron chi connectivity index (χ3n) is 2.08.